The van der Waals surface area contributed by atoms with Crippen molar-refractivity contribution in [3.63, 3.8) is 0 Å². The van der Waals surface area contributed by atoms with Crippen molar-refractivity contribution in [2.75, 3.05) is 5.32 Å². The number of thiazole rings is 1. The Morgan fingerprint density at radius 3 is 2.67 bits per heavy atom. The highest BCUT2D eigenvalue weighted by Crippen LogP contribution is 2.31. The molecule has 0 aliphatic heterocycles. The molecule has 2 aromatic carbocycles. The van der Waals surface area contributed by atoms with Crippen LogP contribution in [0.5, 0.6) is 0 Å². The molecule has 1 aliphatic rings. The van der Waals surface area contributed by atoms with E-state index in [1.165, 1.54) is 23.5 Å². The first kappa shape index (κ1) is 18.5. The van der Waals surface area contributed by atoms with Crippen LogP contribution in [0.4, 0.5) is 9.52 Å². The summed E-state index contributed by atoms with van der Waals surface area (Å²) in [7, 11) is 0. The monoisotopic (exact) mass is 423 g/mol. The molecule has 0 radical (unpaired) electrons. The highest BCUT2D eigenvalue weighted by Gasteiger charge is 2.30. The van der Waals surface area contributed by atoms with E-state index in [2.05, 4.69) is 15.6 Å². The fraction of sp³-hybridized carbons (Fsp3) is 0.263. The first-order chi connectivity index (χ1) is 13.0. The van der Waals surface area contributed by atoms with E-state index in [0.29, 0.717) is 15.6 Å². The van der Waals surface area contributed by atoms with Gasteiger partial charge in [-0.25, -0.2) is 9.37 Å². The summed E-state index contributed by atoms with van der Waals surface area (Å²) in [5.74, 6) is -0.559. The third kappa shape index (κ3) is 3.88. The number of amides is 1. The summed E-state index contributed by atoms with van der Waals surface area (Å²) < 4.78 is 14.2. The summed E-state index contributed by atoms with van der Waals surface area (Å²) >= 11 is 13.7. The summed E-state index contributed by atoms with van der Waals surface area (Å²) in [5.41, 5.74) is 1.05. The number of nitrogens with zero attached hydrogens (tertiary/aromatic N) is 1. The van der Waals surface area contributed by atoms with E-state index in [-0.39, 0.29) is 23.8 Å². The topological polar surface area (TPSA) is 54.0 Å². The Kier molecular flexibility index (Phi) is 5.21. The molecule has 2 atom stereocenters. The Hall–Kier alpha value is -1.89. The average molecular weight is 424 g/mol. The van der Waals surface area contributed by atoms with Crippen LogP contribution in [0.2, 0.25) is 10.0 Å². The van der Waals surface area contributed by atoms with Crippen molar-refractivity contribution in [2.24, 2.45) is 0 Å². The van der Waals surface area contributed by atoms with Gasteiger partial charge in [-0.05, 0) is 49.6 Å². The van der Waals surface area contributed by atoms with Crippen LogP contribution in [0.3, 0.4) is 0 Å². The van der Waals surface area contributed by atoms with Crippen molar-refractivity contribution in [3.05, 3.63) is 57.8 Å². The zero-order valence-corrected chi connectivity index (χ0v) is 16.5. The number of nitrogens with one attached hydrogen (secondary N) is 2. The minimum Gasteiger partial charge on any atom is -0.357 e. The third-order valence-electron chi connectivity index (χ3n) is 4.68. The quantitative estimate of drug-likeness (QED) is 0.581. The van der Waals surface area contributed by atoms with Gasteiger partial charge in [-0.2, -0.15) is 0 Å². The van der Waals surface area contributed by atoms with Gasteiger partial charge >= 0.3 is 0 Å². The van der Waals surface area contributed by atoms with Crippen molar-refractivity contribution in [1.29, 1.82) is 0 Å². The van der Waals surface area contributed by atoms with Crippen molar-refractivity contribution < 1.29 is 9.18 Å². The van der Waals surface area contributed by atoms with E-state index in [0.717, 1.165) is 34.6 Å². The molecule has 4 nitrogen and oxygen atoms in total. The van der Waals surface area contributed by atoms with Gasteiger partial charge in [0.25, 0.3) is 5.91 Å². The summed E-state index contributed by atoms with van der Waals surface area (Å²) in [6, 6.07) is 9.52. The van der Waals surface area contributed by atoms with Crippen LogP contribution in [-0.4, -0.2) is 23.0 Å². The second-order valence-electron chi connectivity index (χ2n) is 6.49. The fourth-order valence-electron chi connectivity index (χ4n) is 3.38. The Morgan fingerprint density at radius 2 is 1.89 bits per heavy atom. The van der Waals surface area contributed by atoms with E-state index in [1.807, 2.05) is 0 Å². The molecule has 1 aromatic heterocycles. The molecular formula is C19H16Cl2FN3OS. The molecule has 1 heterocycles. The minimum absolute atomic E-state index is 0.0422. The second-order valence-corrected chi connectivity index (χ2v) is 8.33. The van der Waals surface area contributed by atoms with Gasteiger partial charge in [-0.1, -0.05) is 40.6 Å². The maximum atomic E-state index is 13.4. The number of rotatable bonds is 4. The Bertz CT molecular complexity index is 990. The van der Waals surface area contributed by atoms with Gasteiger partial charge in [0.05, 0.1) is 25.8 Å². The smallest absolute Gasteiger partial charge is 0.254 e. The Labute approximate surface area is 169 Å². The number of benzene rings is 2. The summed E-state index contributed by atoms with van der Waals surface area (Å²) in [4.78, 5) is 17.2. The molecule has 4 rings (SSSR count). The molecular weight excluding hydrogens is 408 g/mol. The Balaban J connectivity index is 1.49. The van der Waals surface area contributed by atoms with Gasteiger partial charge in [-0.3, -0.25) is 4.79 Å². The van der Waals surface area contributed by atoms with Crippen LogP contribution in [0.15, 0.2) is 36.4 Å². The Morgan fingerprint density at radius 1 is 1.15 bits per heavy atom. The van der Waals surface area contributed by atoms with Gasteiger partial charge in [0.15, 0.2) is 5.13 Å². The summed E-state index contributed by atoms with van der Waals surface area (Å²) in [5, 5.41) is 7.81. The van der Waals surface area contributed by atoms with E-state index in [4.69, 9.17) is 23.2 Å². The highest BCUT2D eigenvalue weighted by atomic mass is 35.5. The number of carbonyl (C=O) groups is 1. The molecule has 1 fully saturated rings. The lowest BCUT2D eigenvalue weighted by molar-refractivity contribution is 0.0936. The predicted octanol–water partition coefficient (Wildman–Crippen LogP) is 5.51. The number of aromatic nitrogens is 1. The maximum absolute atomic E-state index is 13.4. The standard InChI is InChI=1S/C19H16Cl2FN3OS/c20-11-3-1-4-12(21)17(11)18(26)23-13-5-2-6-14(13)24-19-25-15-8-7-10(22)9-16(15)27-19/h1,3-4,7-9,13-14H,2,5-6H2,(H,23,26)(H,24,25)/t13-,14-/m1/s1. The SMILES string of the molecule is O=C(N[C@@H]1CCC[C@H]1Nc1nc2ccc(F)cc2s1)c1c(Cl)cccc1Cl. The normalized spacial score (nSPS) is 19.4. The van der Waals surface area contributed by atoms with E-state index in [9.17, 15) is 9.18 Å². The first-order valence-electron chi connectivity index (χ1n) is 8.59. The van der Waals surface area contributed by atoms with Crippen LogP contribution in [-0.2, 0) is 0 Å². The lowest BCUT2D eigenvalue weighted by atomic mass is 10.1. The van der Waals surface area contributed by atoms with Crippen molar-refractivity contribution in [1.82, 2.24) is 10.3 Å². The molecule has 8 heteroatoms. The molecule has 3 aromatic rings. The molecule has 140 valence electrons. The predicted molar refractivity (Wildman–Crippen MR) is 109 cm³/mol. The first-order valence-corrected chi connectivity index (χ1v) is 10.2. The molecule has 2 N–H and O–H groups in total. The van der Waals surface area contributed by atoms with E-state index < -0.39 is 0 Å². The van der Waals surface area contributed by atoms with Crippen LogP contribution in [0, 0.1) is 5.82 Å². The highest BCUT2D eigenvalue weighted by molar-refractivity contribution is 7.22. The average Bonchev–Trinajstić information content (AvgIpc) is 3.21. The zero-order chi connectivity index (χ0) is 19.0. The molecule has 0 spiro atoms. The van der Waals surface area contributed by atoms with Crippen molar-refractivity contribution in [3.8, 4) is 0 Å². The van der Waals surface area contributed by atoms with Crippen LogP contribution < -0.4 is 10.6 Å². The number of anilines is 1. The lowest BCUT2D eigenvalue weighted by Crippen LogP contribution is -2.43. The fourth-order valence-corrected chi connectivity index (χ4v) is 4.90. The molecule has 1 saturated carbocycles. The van der Waals surface area contributed by atoms with Gasteiger partial charge < -0.3 is 10.6 Å². The van der Waals surface area contributed by atoms with Crippen LogP contribution in [0.1, 0.15) is 29.6 Å². The van der Waals surface area contributed by atoms with Crippen molar-refractivity contribution in [2.45, 2.75) is 31.3 Å². The second kappa shape index (κ2) is 7.62. The minimum atomic E-state index is -0.282. The largest absolute Gasteiger partial charge is 0.357 e. The van der Waals surface area contributed by atoms with Crippen LogP contribution in [0.25, 0.3) is 10.2 Å². The third-order valence-corrected chi connectivity index (χ3v) is 6.26. The number of hydrogen-bond acceptors (Lipinski definition) is 4. The number of fused-ring (bicyclic) bond motifs is 1. The number of carbonyl (C=O) groups excluding carboxylic acids is 1. The van der Waals surface area contributed by atoms with Gasteiger partial charge in [0.1, 0.15) is 5.82 Å². The van der Waals surface area contributed by atoms with Crippen molar-refractivity contribution >= 4 is 55.8 Å². The summed E-state index contributed by atoms with van der Waals surface area (Å²) in [6.45, 7) is 0. The van der Waals surface area contributed by atoms with Gasteiger partial charge in [0.2, 0.25) is 0 Å². The van der Waals surface area contributed by atoms with E-state index in [1.54, 1.807) is 24.3 Å². The van der Waals surface area contributed by atoms with Gasteiger partial charge in [-0.15, -0.1) is 0 Å². The number of halogens is 3. The van der Waals surface area contributed by atoms with Crippen LogP contribution >= 0.6 is 34.5 Å². The molecule has 1 amide bonds. The zero-order valence-electron chi connectivity index (χ0n) is 14.1. The lowest BCUT2D eigenvalue weighted by Gasteiger charge is -2.22. The van der Waals surface area contributed by atoms with E-state index >= 15 is 0 Å². The molecule has 27 heavy (non-hydrogen) atoms. The number of hydrogen-bond donors (Lipinski definition) is 2. The maximum Gasteiger partial charge on any atom is 0.254 e. The molecule has 0 unspecified atom stereocenters. The summed E-state index contributed by atoms with van der Waals surface area (Å²) in [6.07, 6.45) is 2.74. The molecule has 0 saturated heterocycles. The molecule has 1 aliphatic carbocycles. The van der Waals surface area contributed by atoms with Gasteiger partial charge in [0, 0.05) is 12.1 Å². The molecule has 0 bridgehead atoms.